The summed E-state index contributed by atoms with van der Waals surface area (Å²) in [5, 5.41) is 3.57. The zero-order valence-electron chi connectivity index (χ0n) is 18.5. The van der Waals surface area contributed by atoms with Gasteiger partial charge in [0.15, 0.2) is 6.10 Å². The number of hydrogen-bond acceptors (Lipinski definition) is 4. The SMILES string of the molecule is CC[C@H]1Oc2ccc(NC(=O)c3cccc(OC)c3)cc2CN(Cc2ccc(Cl)cc2)C1=O. The number of anilines is 1. The van der Waals surface area contributed by atoms with E-state index in [1.807, 2.05) is 37.3 Å². The largest absolute Gasteiger partial charge is 0.497 e. The maximum Gasteiger partial charge on any atom is 0.264 e. The third-order valence-corrected chi connectivity index (χ3v) is 5.78. The van der Waals surface area contributed by atoms with Crippen molar-refractivity contribution in [1.82, 2.24) is 4.90 Å². The molecule has 3 aromatic rings. The average Bonchev–Trinajstić information content (AvgIpc) is 2.96. The van der Waals surface area contributed by atoms with Crippen LogP contribution in [0.15, 0.2) is 66.7 Å². The summed E-state index contributed by atoms with van der Waals surface area (Å²) in [6.45, 7) is 2.74. The van der Waals surface area contributed by atoms with E-state index in [4.69, 9.17) is 21.1 Å². The molecule has 1 heterocycles. The van der Waals surface area contributed by atoms with Crippen LogP contribution in [0.3, 0.4) is 0 Å². The highest BCUT2D eigenvalue weighted by molar-refractivity contribution is 6.30. The molecule has 1 aliphatic rings. The predicted octanol–water partition coefficient (Wildman–Crippen LogP) is 5.30. The van der Waals surface area contributed by atoms with Crippen LogP contribution in [-0.4, -0.2) is 29.9 Å². The van der Waals surface area contributed by atoms with Crippen LogP contribution in [-0.2, 0) is 17.9 Å². The molecule has 0 spiro atoms. The minimum absolute atomic E-state index is 0.0642. The lowest BCUT2D eigenvalue weighted by Gasteiger charge is -2.23. The molecule has 0 bridgehead atoms. The summed E-state index contributed by atoms with van der Waals surface area (Å²) in [7, 11) is 1.56. The van der Waals surface area contributed by atoms with E-state index in [-0.39, 0.29) is 11.8 Å². The first-order valence-corrected chi connectivity index (χ1v) is 11.1. The Morgan fingerprint density at radius 1 is 1.15 bits per heavy atom. The van der Waals surface area contributed by atoms with Gasteiger partial charge in [0.1, 0.15) is 11.5 Å². The van der Waals surface area contributed by atoms with E-state index < -0.39 is 6.10 Å². The summed E-state index contributed by atoms with van der Waals surface area (Å²) in [5.74, 6) is 0.947. The summed E-state index contributed by atoms with van der Waals surface area (Å²) >= 11 is 6.00. The molecule has 0 aliphatic carbocycles. The molecule has 0 fully saturated rings. The number of rotatable bonds is 6. The molecule has 1 N–H and O–H groups in total. The Balaban J connectivity index is 1.57. The molecular formula is C26H25ClN2O4. The molecule has 0 unspecified atom stereocenters. The molecule has 4 rings (SSSR count). The minimum Gasteiger partial charge on any atom is -0.497 e. The molecule has 1 aliphatic heterocycles. The third-order valence-electron chi connectivity index (χ3n) is 5.53. The molecule has 2 amide bonds. The van der Waals surface area contributed by atoms with Gasteiger partial charge in [-0.2, -0.15) is 0 Å². The van der Waals surface area contributed by atoms with Crippen molar-refractivity contribution in [3.8, 4) is 11.5 Å². The molecule has 6 nitrogen and oxygen atoms in total. The number of methoxy groups -OCH3 is 1. The molecule has 0 radical (unpaired) electrons. The van der Waals surface area contributed by atoms with Crippen molar-refractivity contribution in [3.05, 3.63) is 88.4 Å². The van der Waals surface area contributed by atoms with Crippen LogP contribution in [0.25, 0.3) is 0 Å². The highest BCUT2D eigenvalue weighted by atomic mass is 35.5. The minimum atomic E-state index is -0.559. The van der Waals surface area contributed by atoms with E-state index >= 15 is 0 Å². The van der Waals surface area contributed by atoms with E-state index in [1.54, 1.807) is 48.4 Å². The first-order valence-electron chi connectivity index (χ1n) is 10.7. The van der Waals surface area contributed by atoms with Gasteiger partial charge in [-0.05, 0) is 60.5 Å². The van der Waals surface area contributed by atoms with Gasteiger partial charge in [0.25, 0.3) is 11.8 Å². The highest BCUT2D eigenvalue weighted by Gasteiger charge is 2.30. The molecule has 33 heavy (non-hydrogen) atoms. The van der Waals surface area contributed by atoms with Crippen LogP contribution in [0.1, 0.15) is 34.8 Å². The lowest BCUT2D eigenvalue weighted by molar-refractivity contribution is -0.139. The maximum absolute atomic E-state index is 13.1. The second-order valence-corrected chi connectivity index (χ2v) is 8.28. The number of nitrogens with zero attached hydrogens (tertiary/aromatic N) is 1. The molecule has 7 heteroatoms. The fraction of sp³-hybridized carbons (Fsp3) is 0.231. The lowest BCUT2D eigenvalue weighted by Crippen LogP contribution is -2.38. The van der Waals surface area contributed by atoms with Crippen molar-refractivity contribution in [2.24, 2.45) is 0 Å². The number of amides is 2. The van der Waals surface area contributed by atoms with Gasteiger partial charge >= 0.3 is 0 Å². The summed E-state index contributed by atoms with van der Waals surface area (Å²) in [4.78, 5) is 27.6. The number of carbonyl (C=O) groups is 2. The van der Waals surface area contributed by atoms with Crippen LogP contribution in [0, 0.1) is 0 Å². The highest BCUT2D eigenvalue weighted by Crippen LogP contribution is 2.30. The van der Waals surface area contributed by atoms with Crippen LogP contribution in [0.5, 0.6) is 11.5 Å². The van der Waals surface area contributed by atoms with Crippen molar-refractivity contribution in [2.75, 3.05) is 12.4 Å². The summed E-state index contributed by atoms with van der Waals surface area (Å²) < 4.78 is 11.2. The zero-order chi connectivity index (χ0) is 23.4. The molecule has 1 atom stereocenters. The van der Waals surface area contributed by atoms with E-state index in [1.165, 1.54) is 0 Å². The van der Waals surface area contributed by atoms with Crippen molar-refractivity contribution >= 4 is 29.1 Å². The number of nitrogens with one attached hydrogen (secondary N) is 1. The Morgan fingerprint density at radius 3 is 2.67 bits per heavy atom. The summed E-state index contributed by atoms with van der Waals surface area (Å²) in [6, 6.07) is 19.8. The van der Waals surface area contributed by atoms with E-state index in [9.17, 15) is 9.59 Å². The topological polar surface area (TPSA) is 67.9 Å². The number of fused-ring (bicyclic) bond motifs is 1. The van der Waals surface area contributed by atoms with Gasteiger partial charge in [0, 0.05) is 34.9 Å². The van der Waals surface area contributed by atoms with Gasteiger partial charge in [0.05, 0.1) is 7.11 Å². The Bertz CT molecular complexity index is 1160. The van der Waals surface area contributed by atoms with Crippen LogP contribution in [0.4, 0.5) is 5.69 Å². The molecular weight excluding hydrogens is 440 g/mol. The molecule has 170 valence electrons. The third kappa shape index (κ3) is 5.29. The summed E-state index contributed by atoms with van der Waals surface area (Å²) in [6.07, 6.45) is -0.000223. The van der Waals surface area contributed by atoms with E-state index in [0.717, 1.165) is 11.1 Å². The number of carbonyl (C=O) groups excluding carboxylic acids is 2. The smallest absolute Gasteiger partial charge is 0.264 e. The monoisotopic (exact) mass is 464 g/mol. The number of ether oxygens (including phenoxy) is 2. The second-order valence-electron chi connectivity index (χ2n) is 7.84. The Hall–Kier alpha value is -3.51. The number of benzene rings is 3. The molecule has 3 aromatic carbocycles. The van der Waals surface area contributed by atoms with Crippen molar-refractivity contribution in [1.29, 1.82) is 0 Å². The zero-order valence-corrected chi connectivity index (χ0v) is 19.3. The second kappa shape index (κ2) is 9.96. The van der Waals surface area contributed by atoms with E-state index in [2.05, 4.69) is 5.32 Å². The van der Waals surface area contributed by atoms with Crippen LogP contribution < -0.4 is 14.8 Å². The Morgan fingerprint density at radius 2 is 1.94 bits per heavy atom. The lowest BCUT2D eigenvalue weighted by atomic mass is 10.1. The van der Waals surface area contributed by atoms with Gasteiger partial charge in [0.2, 0.25) is 0 Å². The number of hydrogen-bond donors (Lipinski definition) is 1. The quantitative estimate of drug-likeness (QED) is 0.537. The fourth-order valence-corrected chi connectivity index (χ4v) is 3.88. The van der Waals surface area contributed by atoms with Gasteiger partial charge in [-0.25, -0.2) is 0 Å². The summed E-state index contributed by atoms with van der Waals surface area (Å²) in [5.41, 5.74) is 2.93. The van der Waals surface area contributed by atoms with E-state index in [0.29, 0.717) is 47.3 Å². The fourth-order valence-electron chi connectivity index (χ4n) is 3.76. The first-order chi connectivity index (χ1) is 16.0. The maximum atomic E-state index is 13.1. The molecule has 0 aromatic heterocycles. The van der Waals surface area contributed by atoms with Gasteiger partial charge in [-0.3, -0.25) is 9.59 Å². The average molecular weight is 465 g/mol. The van der Waals surface area contributed by atoms with Crippen molar-refractivity contribution in [3.63, 3.8) is 0 Å². The Labute approximate surface area is 198 Å². The van der Waals surface area contributed by atoms with Gasteiger partial charge in [-0.1, -0.05) is 36.7 Å². The van der Waals surface area contributed by atoms with Gasteiger partial charge in [-0.15, -0.1) is 0 Å². The van der Waals surface area contributed by atoms with Crippen LogP contribution >= 0.6 is 11.6 Å². The predicted molar refractivity (Wildman–Crippen MR) is 128 cm³/mol. The first kappa shape index (κ1) is 22.7. The Kier molecular flexibility index (Phi) is 6.84. The van der Waals surface area contributed by atoms with Crippen LogP contribution in [0.2, 0.25) is 5.02 Å². The molecule has 0 saturated carbocycles. The van der Waals surface area contributed by atoms with Gasteiger partial charge < -0.3 is 19.7 Å². The standard InChI is InChI=1S/C26H25ClN2O4/c1-3-23-26(31)29(15-17-7-9-20(27)10-8-17)16-19-13-21(11-12-24(19)33-23)28-25(30)18-5-4-6-22(14-18)32-2/h4-14,23H,3,15-16H2,1-2H3,(H,28,30)/t23-/m1/s1. The molecule has 0 saturated heterocycles. The van der Waals surface area contributed by atoms with Crippen molar-refractivity contribution < 1.29 is 19.1 Å². The van der Waals surface area contributed by atoms with Crippen molar-refractivity contribution in [2.45, 2.75) is 32.5 Å². The number of halogens is 1. The normalized spacial score (nSPS) is 15.3.